The molecule has 0 heterocycles. The van der Waals surface area contributed by atoms with E-state index in [0.29, 0.717) is 6.42 Å². The van der Waals surface area contributed by atoms with E-state index in [1.807, 2.05) is 60.7 Å². The molecular formula is C20H23NO2. The number of rotatable bonds is 7. The van der Waals surface area contributed by atoms with Crippen molar-refractivity contribution in [2.75, 3.05) is 0 Å². The summed E-state index contributed by atoms with van der Waals surface area (Å²) >= 11 is 0. The summed E-state index contributed by atoms with van der Waals surface area (Å²) in [7, 11) is 0. The van der Waals surface area contributed by atoms with Crippen LogP contribution in [0.2, 0.25) is 0 Å². The molecular weight excluding hydrogens is 286 g/mol. The number of carbonyl (C=O) groups is 2. The summed E-state index contributed by atoms with van der Waals surface area (Å²) in [5, 5.41) is 2.56. The van der Waals surface area contributed by atoms with Crippen molar-refractivity contribution >= 4 is 11.8 Å². The molecule has 1 N–H and O–H groups in total. The molecule has 0 bridgehead atoms. The second kappa shape index (κ2) is 8.89. The van der Waals surface area contributed by atoms with Gasteiger partial charge in [0.2, 0.25) is 11.8 Å². The maximum absolute atomic E-state index is 12.7. The Hall–Kier alpha value is -2.42. The summed E-state index contributed by atoms with van der Waals surface area (Å²) in [6, 6.07) is 19.1. The van der Waals surface area contributed by atoms with Crippen LogP contribution in [0.4, 0.5) is 0 Å². The third-order valence-electron chi connectivity index (χ3n) is 3.80. The number of imide groups is 1. The highest BCUT2D eigenvalue weighted by atomic mass is 16.2. The third-order valence-corrected chi connectivity index (χ3v) is 3.80. The van der Waals surface area contributed by atoms with Crippen LogP contribution < -0.4 is 5.32 Å². The Balaban J connectivity index is 2.15. The Morgan fingerprint density at radius 1 is 0.870 bits per heavy atom. The van der Waals surface area contributed by atoms with Gasteiger partial charge in [0.15, 0.2) is 0 Å². The molecule has 23 heavy (non-hydrogen) atoms. The number of unbranched alkanes of at least 4 members (excludes halogenated alkanes) is 2. The first kappa shape index (κ1) is 16.9. The van der Waals surface area contributed by atoms with E-state index in [-0.39, 0.29) is 11.8 Å². The molecule has 0 saturated carbocycles. The molecule has 0 saturated heterocycles. The van der Waals surface area contributed by atoms with Gasteiger partial charge in [-0.05, 0) is 17.5 Å². The van der Waals surface area contributed by atoms with E-state index in [2.05, 4.69) is 12.2 Å². The van der Waals surface area contributed by atoms with Crippen LogP contribution in [0, 0.1) is 0 Å². The Kier molecular flexibility index (Phi) is 6.55. The summed E-state index contributed by atoms with van der Waals surface area (Å²) in [6.07, 6.45) is 3.27. The number of hydrogen-bond acceptors (Lipinski definition) is 2. The first-order valence-electron chi connectivity index (χ1n) is 8.16. The summed E-state index contributed by atoms with van der Waals surface area (Å²) in [4.78, 5) is 24.6. The lowest BCUT2D eigenvalue weighted by atomic mass is 9.90. The highest BCUT2D eigenvalue weighted by Crippen LogP contribution is 2.24. The number of amides is 2. The highest BCUT2D eigenvalue weighted by molar-refractivity contribution is 5.99. The zero-order chi connectivity index (χ0) is 16.5. The molecule has 0 aliphatic heterocycles. The highest BCUT2D eigenvalue weighted by Gasteiger charge is 2.23. The van der Waals surface area contributed by atoms with Gasteiger partial charge >= 0.3 is 0 Å². The van der Waals surface area contributed by atoms with Crippen molar-refractivity contribution < 1.29 is 9.59 Å². The van der Waals surface area contributed by atoms with Gasteiger partial charge < -0.3 is 0 Å². The monoisotopic (exact) mass is 309 g/mol. The first-order chi connectivity index (χ1) is 11.2. The average molecular weight is 309 g/mol. The van der Waals surface area contributed by atoms with E-state index >= 15 is 0 Å². The van der Waals surface area contributed by atoms with Gasteiger partial charge in [-0.3, -0.25) is 14.9 Å². The lowest BCUT2D eigenvalue weighted by Crippen LogP contribution is -2.35. The van der Waals surface area contributed by atoms with Crippen LogP contribution in [0.25, 0.3) is 0 Å². The molecule has 3 heteroatoms. The molecule has 3 nitrogen and oxygen atoms in total. The maximum Gasteiger partial charge on any atom is 0.238 e. The largest absolute Gasteiger partial charge is 0.296 e. The molecule has 0 atom stereocenters. The molecule has 0 aliphatic carbocycles. The molecule has 120 valence electrons. The van der Waals surface area contributed by atoms with Gasteiger partial charge in [0.1, 0.15) is 0 Å². The molecule has 0 radical (unpaired) electrons. The Bertz CT molecular complexity index is 583. The normalized spacial score (nSPS) is 10.5. The Morgan fingerprint density at radius 3 is 1.87 bits per heavy atom. The minimum absolute atomic E-state index is 0.194. The van der Waals surface area contributed by atoms with Gasteiger partial charge in [-0.25, -0.2) is 0 Å². The molecule has 0 aromatic heterocycles. The van der Waals surface area contributed by atoms with Gasteiger partial charge in [0.05, 0.1) is 5.92 Å². The molecule has 0 aliphatic rings. The topological polar surface area (TPSA) is 46.2 Å². The second-order valence-electron chi connectivity index (χ2n) is 5.62. The Labute approximate surface area is 137 Å². The molecule has 2 aromatic rings. The number of hydrogen-bond donors (Lipinski definition) is 1. The fraction of sp³-hybridized carbons (Fsp3) is 0.300. The van der Waals surface area contributed by atoms with Crippen LogP contribution >= 0.6 is 0 Å². The molecule has 0 fully saturated rings. The van der Waals surface area contributed by atoms with Crippen LogP contribution in [0.3, 0.4) is 0 Å². The minimum Gasteiger partial charge on any atom is -0.296 e. The van der Waals surface area contributed by atoms with E-state index in [4.69, 9.17) is 0 Å². The second-order valence-corrected chi connectivity index (χ2v) is 5.62. The summed E-state index contributed by atoms with van der Waals surface area (Å²) in [5.41, 5.74) is 1.77. The van der Waals surface area contributed by atoms with Crippen molar-refractivity contribution in [2.45, 2.75) is 38.5 Å². The maximum atomic E-state index is 12.7. The fourth-order valence-electron chi connectivity index (χ4n) is 2.59. The van der Waals surface area contributed by atoms with Crippen molar-refractivity contribution in [3.05, 3.63) is 71.8 Å². The molecule has 2 rings (SSSR count). The van der Waals surface area contributed by atoms with Crippen LogP contribution in [0.5, 0.6) is 0 Å². The van der Waals surface area contributed by atoms with Gasteiger partial charge in [0.25, 0.3) is 0 Å². The average Bonchev–Trinajstić information content (AvgIpc) is 2.57. The lowest BCUT2D eigenvalue weighted by molar-refractivity contribution is -0.130. The summed E-state index contributed by atoms with van der Waals surface area (Å²) in [6.45, 7) is 2.09. The van der Waals surface area contributed by atoms with Crippen molar-refractivity contribution in [3.8, 4) is 0 Å². The molecule has 0 spiro atoms. The number of nitrogens with one attached hydrogen (secondary N) is 1. The SMILES string of the molecule is CCCCCC(=O)NC(=O)C(c1ccccc1)c1ccccc1. The van der Waals surface area contributed by atoms with Crippen molar-refractivity contribution in [3.63, 3.8) is 0 Å². The molecule has 0 unspecified atom stereocenters. The standard InChI is InChI=1S/C20H23NO2/c1-2-3-6-15-18(22)21-20(23)19(16-11-7-4-8-12-16)17-13-9-5-10-14-17/h4-5,7-14,19H,2-3,6,15H2,1H3,(H,21,22,23). The number of benzene rings is 2. The summed E-state index contributed by atoms with van der Waals surface area (Å²) < 4.78 is 0. The van der Waals surface area contributed by atoms with Crippen molar-refractivity contribution in [1.29, 1.82) is 0 Å². The quantitative estimate of drug-likeness (QED) is 0.785. The van der Waals surface area contributed by atoms with E-state index in [0.717, 1.165) is 30.4 Å². The van der Waals surface area contributed by atoms with Gasteiger partial charge in [-0.2, -0.15) is 0 Å². The van der Waals surface area contributed by atoms with Crippen LogP contribution in [-0.4, -0.2) is 11.8 Å². The predicted molar refractivity (Wildman–Crippen MR) is 92.0 cm³/mol. The molecule has 2 amide bonds. The lowest BCUT2D eigenvalue weighted by Gasteiger charge is -2.17. The minimum atomic E-state index is -0.465. The fourth-order valence-corrected chi connectivity index (χ4v) is 2.59. The zero-order valence-corrected chi connectivity index (χ0v) is 13.5. The first-order valence-corrected chi connectivity index (χ1v) is 8.16. The van der Waals surface area contributed by atoms with Gasteiger partial charge in [0, 0.05) is 6.42 Å². The van der Waals surface area contributed by atoms with E-state index in [1.54, 1.807) is 0 Å². The van der Waals surface area contributed by atoms with E-state index in [9.17, 15) is 9.59 Å². The van der Waals surface area contributed by atoms with Crippen molar-refractivity contribution in [2.24, 2.45) is 0 Å². The van der Waals surface area contributed by atoms with E-state index in [1.165, 1.54) is 0 Å². The zero-order valence-electron chi connectivity index (χ0n) is 13.5. The van der Waals surface area contributed by atoms with Crippen LogP contribution in [-0.2, 0) is 9.59 Å². The van der Waals surface area contributed by atoms with Gasteiger partial charge in [-0.15, -0.1) is 0 Å². The van der Waals surface area contributed by atoms with Crippen LogP contribution in [0.15, 0.2) is 60.7 Å². The van der Waals surface area contributed by atoms with E-state index < -0.39 is 5.92 Å². The van der Waals surface area contributed by atoms with Gasteiger partial charge in [-0.1, -0.05) is 80.4 Å². The van der Waals surface area contributed by atoms with Crippen LogP contribution in [0.1, 0.15) is 49.7 Å². The predicted octanol–water partition coefficient (Wildman–Crippen LogP) is 4.04. The smallest absolute Gasteiger partial charge is 0.238 e. The third kappa shape index (κ3) is 5.06. The number of carbonyl (C=O) groups excluding carboxylic acids is 2. The summed E-state index contributed by atoms with van der Waals surface area (Å²) in [5.74, 6) is -0.920. The van der Waals surface area contributed by atoms with Crippen molar-refractivity contribution in [1.82, 2.24) is 5.32 Å². The molecule has 2 aromatic carbocycles. The Morgan fingerprint density at radius 2 is 1.39 bits per heavy atom.